The van der Waals surface area contributed by atoms with Crippen molar-refractivity contribution in [3.63, 3.8) is 0 Å². The highest BCUT2D eigenvalue weighted by Crippen LogP contribution is 2.17. The largest absolute Gasteiger partial charge is 0.489 e. The topological polar surface area (TPSA) is 79.5 Å². The molecule has 0 bridgehead atoms. The third-order valence-electron chi connectivity index (χ3n) is 5.81. The van der Waals surface area contributed by atoms with Crippen LogP contribution in [-0.4, -0.2) is 30.9 Å². The molecular formula is C30H37N3O3. The molecule has 0 heterocycles. The summed E-state index contributed by atoms with van der Waals surface area (Å²) in [6.45, 7) is 7.69. The number of nitrogens with one attached hydrogen (secondary N) is 3. The van der Waals surface area contributed by atoms with Gasteiger partial charge in [-0.2, -0.15) is 0 Å². The summed E-state index contributed by atoms with van der Waals surface area (Å²) in [6, 6.07) is 24.7. The quantitative estimate of drug-likeness (QED) is 0.290. The van der Waals surface area contributed by atoms with Gasteiger partial charge in [-0.15, -0.1) is 0 Å². The first-order valence-corrected chi connectivity index (χ1v) is 12.6. The Morgan fingerprint density at radius 2 is 1.53 bits per heavy atom. The zero-order valence-corrected chi connectivity index (χ0v) is 21.4. The first-order chi connectivity index (χ1) is 17.4. The first-order valence-electron chi connectivity index (χ1n) is 12.6. The molecule has 0 spiro atoms. The van der Waals surface area contributed by atoms with E-state index in [1.165, 1.54) is 5.56 Å². The summed E-state index contributed by atoms with van der Waals surface area (Å²) >= 11 is 0. The van der Waals surface area contributed by atoms with Gasteiger partial charge in [0.1, 0.15) is 18.4 Å². The average molecular weight is 488 g/mol. The maximum Gasteiger partial charge on any atom is 0.251 e. The Morgan fingerprint density at radius 3 is 2.17 bits per heavy atom. The highest BCUT2D eigenvalue weighted by molar-refractivity contribution is 5.97. The van der Waals surface area contributed by atoms with Crippen molar-refractivity contribution in [2.24, 2.45) is 5.92 Å². The maximum atomic E-state index is 12.8. The van der Waals surface area contributed by atoms with Gasteiger partial charge in [-0.05, 0) is 66.3 Å². The standard InChI is InChI=1S/C30H37N3O3/c1-4-23-10-12-25(13-11-23)29(34)33-28(20-22(2)3)30(35)32-19-18-31-26-14-16-27(17-15-26)36-21-24-8-6-5-7-9-24/h5-17,22,28,31H,4,18-21H2,1-3H3,(H,32,35)(H,33,34)/t28-/m0/s1. The van der Waals surface area contributed by atoms with E-state index in [1.807, 2.05) is 80.6 Å². The Morgan fingerprint density at radius 1 is 0.833 bits per heavy atom. The summed E-state index contributed by atoms with van der Waals surface area (Å²) in [5.74, 6) is 0.665. The van der Waals surface area contributed by atoms with Crippen LogP contribution < -0.4 is 20.7 Å². The summed E-state index contributed by atoms with van der Waals surface area (Å²) in [6.07, 6.45) is 1.49. The molecule has 1 atom stereocenters. The van der Waals surface area contributed by atoms with E-state index < -0.39 is 6.04 Å². The van der Waals surface area contributed by atoms with Gasteiger partial charge in [0.2, 0.25) is 5.91 Å². The molecule has 0 saturated heterocycles. The minimum Gasteiger partial charge on any atom is -0.489 e. The number of rotatable bonds is 13. The van der Waals surface area contributed by atoms with Crippen LogP contribution in [0.5, 0.6) is 5.75 Å². The highest BCUT2D eigenvalue weighted by Gasteiger charge is 2.22. The van der Waals surface area contributed by atoms with Gasteiger partial charge in [0, 0.05) is 24.3 Å². The Hall–Kier alpha value is -3.80. The molecule has 0 aromatic heterocycles. The molecule has 0 aliphatic heterocycles. The van der Waals surface area contributed by atoms with Crippen LogP contribution in [0.4, 0.5) is 5.69 Å². The van der Waals surface area contributed by atoms with Crippen LogP contribution in [0.3, 0.4) is 0 Å². The summed E-state index contributed by atoms with van der Waals surface area (Å²) in [7, 11) is 0. The Kier molecular flexibility index (Phi) is 10.4. The van der Waals surface area contributed by atoms with E-state index in [0.717, 1.165) is 23.4 Å². The predicted octanol–water partition coefficient (Wildman–Crippen LogP) is 5.20. The van der Waals surface area contributed by atoms with Crippen molar-refractivity contribution in [1.29, 1.82) is 0 Å². The van der Waals surface area contributed by atoms with E-state index in [-0.39, 0.29) is 17.7 Å². The van der Waals surface area contributed by atoms with Crippen molar-refractivity contribution in [2.75, 3.05) is 18.4 Å². The Balaban J connectivity index is 1.43. The van der Waals surface area contributed by atoms with Gasteiger partial charge in [-0.1, -0.05) is 63.2 Å². The Bertz CT molecular complexity index is 1080. The minimum atomic E-state index is -0.579. The van der Waals surface area contributed by atoms with Gasteiger partial charge in [-0.25, -0.2) is 0 Å². The van der Waals surface area contributed by atoms with Crippen molar-refractivity contribution in [3.8, 4) is 5.75 Å². The number of carbonyl (C=O) groups excluding carboxylic acids is 2. The fourth-order valence-corrected chi connectivity index (χ4v) is 3.76. The second-order valence-electron chi connectivity index (χ2n) is 9.22. The summed E-state index contributed by atoms with van der Waals surface area (Å²) < 4.78 is 5.82. The van der Waals surface area contributed by atoms with Crippen molar-refractivity contribution in [1.82, 2.24) is 10.6 Å². The zero-order valence-electron chi connectivity index (χ0n) is 21.4. The van der Waals surface area contributed by atoms with E-state index in [2.05, 4.69) is 22.9 Å². The summed E-state index contributed by atoms with van der Waals surface area (Å²) in [5, 5.41) is 9.15. The number of carbonyl (C=O) groups is 2. The smallest absolute Gasteiger partial charge is 0.251 e. The predicted molar refractivity (Wildman–Crippen MR) is 145 cm³/mol. The van der Waals surface area contributed by atoms with Crippen LogP contribution >= 0.6 is 0 Å². The normalized spacial score (nSPS) is 11.6. The fraction of sp³-hybridized carbons (Fsp3) is 0.333. The minimum absolute atomic E-state index is 0.173. The van der Waals surface area contributed by atoms with Crippen LogP contribution in [0.2, 0.25) is 0 Å². The molecule has 2 amide bonds. The number of amides is 2. The van der Waals surface area contributed by atoms with Gasteiger partial charge in [0.15, 0.2) is 0 Å². The molecular weight excluding hydrogens is 450 g/mol. The van der Waals surface area contributed by atoms with Gasteiger partial charge in [0.05, 0.1) is 0 Å². The highest BCUT2D eigenvalue weighted by atomic mass is 16.5. The number of aryl methyl sites for hydroxylation is 1. The van der Waals surface area contributed by atoms with Gasteiger partial charge in [0.25, 0.3) is 5.91 Å². The first kappa shape index (κ1) is 26.8. The van der Waals surface area contributed by atoms with Crippen LogP contribution in [0.15, 0.2) is 78.9 Å². The molecule has 0 fully saturated rings. The van der Waals surface area contributed by atoms with Gasteiger partial charge >= 0.3 is 0 Å². The molecule has 190 valence electrons. The lowest BCUT2D eigenvalue weighted by Gasteiger charge is -2.20. The molecule has 0 aliphatic carbocycles. The van der Waals surface area contributed by atoms with Crippen molar-refractivity contribution < 1.29 is 14.3 Å². The number of ether oxygens (including phenoxy) is 1. The van der Waals surface area contributed by atoms with E-state index in [4.69, 9.17) is 4.74 Å². The second-order valence-corrected chi connectivity index (χ2v) is 9.22. The van der Waals surface area contributed by atoms with Crippen molar-refractivity contribution in [3.05, 3.63) is 95.6 Å². The molecule has 6 heteroatoms. The number of benzene rings is 3. The van der Waals surface area contributed by atoms with Crippen LogP contribution in [0.25, 0.3) is 0 Å². The zero-order chi connectivity index (χ0) is 25.8. The molecule has 0 saturated carbocycles. The molecule has 3 N–H and O–H groups in total. The molecule has 3 aromatic rings. The number of anilines is 1. The van der Waals surface area contributed by atoms with E-state index in [0.29, 0.717) is 31.7 Å². The summed E-state index contributed by atoms with van der Waals surface area (Å²) in [5.41, 5.74) is 3.80. The molecule has 0 aliphatic rings. The number of hydrogen-bond donors (Lipinski definition) is 3. The van der Waals surface area contributed by atoms with Gasteiger partial charge < -0.3 is 20.7 Å². The lowest BCUT2D eigenvalue weighted by molar-refractivity contribution is -0.123. The lowest BCUT2D eigenvalue weighted by Crippen LogP contribution is -2.48. The van der Waals surface area contributed by atoms with E-state index in [1.54, 1.807) is 12.1 Å². The Labute approximate surface area is 214 Å². The van der Waals surface area contributed by atoms with Gasteiger partial charge in [-0.3, -0.25) is 9.59 Å². The monoisotopic (exact) mass is 487 g/mol. The third-order valence-corrected chi connectivity index (χ3v) is 5.81. The fourth-order valence-electron chi connectivity index (χ4n) is 3.76. The lowest BCUT2D eigenvalue weighted by atomic mass is 10.0. The van der Waals surface area contributed by atoms with E-state index >= 15 is 0 Å². The molecule has 36 heavy (non-hydrogen) atoms. The number of hydrogen-bond acceptors (Lipinski definition) is 4. The third kappa shape index (κ3) is 8.77. The molecule has 3 aromatic carbocycles. The molecule has 3 rings (SSSR count). The van der Waals surface area contributed by atoms with Crippen molar-refractivity contribution >= 4 is 17.5 Å². The molecule has 0 unspecified atom stereocenters. The SMILES string of the molecule is CCc1ccc(C(=O)N[C@@H](CC(C)C)C(=O)NCCNc2ccc(OCc3ccccc3)cc2)cc1. The van der Waals surface area contributed by atoms with Crippen molar-refractivity contribution in [2.45, 2.75) is 46.3 Å². The second kappa shape index (κ2) is 13.9. The average Bonchev–Trinajstić information content (AvgIpc) is 2.90. The maximum absolute atomic E-state index is 12.8. The van der Waals surface area contributed by atoms with Crippen LogP contribution in [0, 0.1) is 5.92 Å². The molecule has 0 radical (unpaired) electrons. The van der Waals surface area contributed by atoms with Crippen LogP contribution in [0.1, 0.15) is 48.7 Å². The summed E-state index contributed by atoms with van der Waals surface area (Å²) in [4.78, 5) is 25.5. The molecule has 6 nitrogen and oxygen atoms in total. The van der Waals surface area contributed by atoms with E-state index in [9.17, 15) is 9.59 Å². The van der Waals surface area contributed by atoms with Crippen LogP contribution in [-0.2, 0) is 17.8 Å².